The SMILES string of the molecule is CC(C)C[C@H]1Cc2ccccc2CN1I. The molecule has 1 aliphatic heterocycles. The van der Waals surface area contributed by atoms with Crippen molar-refractivity contribution in [3.63, 3.8) is 0 Å². The highest BCUT2D eigenvalue weighted by molar-refractivity contribution is 14.1. The summed E-state index contributed by atoms with van der Waals surface area (Å²) in [5.74, 6) is 0.789. The van der Waals surface area contributed by atoms with Crippen molar-refractivity contribution in [2.75, 3.05) is 0 Å². The fourth-order valence-corrected chi connectivity index (χ4v) is 3.09. The zero-order chi connectivity index (χ0) is 10.8. The van der Waals surface area contributed by atoms with Crippen LogP contribution in [0.2, 0.25) is 0 Å². The highest BCUT2D eigenvalue weighted by Crippen LogP contribution is 2.29. The molecule has 82 valence electrons. The van der Waals surface area contributed by atoms with E-state index in [1.54, 1.807) is 5.56 Å². The van der Waals surface area contributed by atoms with Crippen molar-refractivity contribution < 1.29 is 0 Å². The van der Waals surface area contributed by atoms with Gasteiger partial charge in [0.15, 0.2) is 0 Å². The van der Waals surface area contributed by atoms with E-state index in [1.807, 2.05) is 0 Å². The molecular weight excluding hydrogens is 297 g/mol. The predicted molar refractivity (Wildman–Crippen MR) is 73.0 cm³/mol. The summed E-state index contributed by atoms with van der Waals surface area (Å²) < 4.78 is 2.47. The van der Waals surface area contributed by atoms with Gasteiger partial charge in [0.25, 0.3) is 0 Å². The third kappa shape index (κ3) is 2.72. The van der Waals surface area contributed by atoms with Gasteiger partial charge in [0, 0.05) is 35.5 Å². The van der Waals surface area contributed by atoms with Gasteiger partial charge in [-0.25, -0.2) is 3.11 Å². The van der Waals surface area contributed by atoms with Crippen molar-refractivity contribution in [3.8, 4) is 0 Å². The van der Waals surface area contributed by atoms with Gasteiger partial charge in [-0.15, -0.1) is 0 Å². The molecular formula is C13H18IN. The fraction of sp³-hybridized carbons (Fsp3) is 0.538. The van der Waals surface area contributed by atoms with Crippen molar-refractivity contribution in [3.05, 3.63) is 35.4 Å². The van der Waals surface area contributed by atoms with Crippen molar-refractivity contribution in [2.45, 2.75) is 39.3 Å². The molecule has 2 heteroatoms. The molecule has 1 aromatic rings. The van der Waals surface area contributed by atoms with Crippen LogP contribution in [0.5, 0.6) is 0 Å². The second kappa shape index (κ2) is 4.83. The minimum Gasteiger partial charge on any atom is -0.240 e. The predicted octanol–water partition coefficient (Wildman–Crippen LogP) is 3.81. The first-order chi connectivity index (χ1) is 7.16. The normalized spacial score (nSPS) is 21.7. The first-order valence-electron chi connectivity index (χ1n) is 5.66. The smallest absolute Gasteiger partial charge is 0.0338 e. The van der Waals surface area contributed by atoms with Crippen molar-refractivity contribution in [1.82, 2.24) is 3.11 Å². The number of nitrogens with zero attached hydrogens (tertiary/aromatic N) is 1. The number of hydrogen-bond acceptors (Lipinski definition) is 1. The molecule has 0 saturated carbocycles. The number of benzene rings is 1. The molecule has 0 saturated heterocycles. The Kier molecular flexibility index (Phi) is 3.67. The van der Waals surface area contributed by atoms with Gasteiger partial charge >= 0.3 is 0 Å². The fourth-order valence-electron chi connectivity index (χ4n) is 2.30. The maximum absolute atomic E-state index is 2.48. The van der Waals surface area contributed by atoms with Crippen LogP contribution < -0.4 is 0 Å². The number of rotatable bonds is 2. The lowest BCUT2D eigenvalue weighted by Crippen LogP contribution is -2.34. The van der Waals surface area contributed by atoms with Crippen LogP contribution in [-0.2, 0) is 13.0 Å². The molecule has 0 radical (unpaired) electrons. The van der Waals surface area contributed by atoms with Gasteiger partial charge in [0.1, 0.15) is 0 Å². The van der Waals surface area contributed by atoms with E-state index in [2.05, 4.69) is 64.1 Å². The summed E-state index contributed by atoms with van der Waals surface area (Å²) in [6.07, 6.45) is 2.52. The third-order valence-corrected chi connectivity index (χ3v) is 4.16. The van der Waals surface area contributed by atoms with E-state index >= 15 is 0 Å². The van der Waals surface area contributed by atoms with Crippen LogP contribution in [0.3, 0.4) is 0 Å². The monoisotopic (exact) mass is 315 g/mol. The highest BCUT2D eigenvalue weighted by Gasteiger charge is 2.24. The molecule has 0 bridgehead atoms. The molecule has 15 heavy (non-hydrogen) atoms. The van der Waals surface area contributed by atoms with Gasteiger partial charge in [0.05, 0.1) is 0 Å². The summed E-state index contributed by atoms with van der Waals surface area (Å²) >= 11 is 2.48. The van der Waals surface area contributed by atoms with Gasteiger partial charge in [0.2, 0.25) is 0 Å². The molecule has 0 unspecified atom stereocenters. The van der Waals surface area contributed by atoms with E-state index in [-0.39, 0.29) is 0 Å². The van der Waals surface area contributed by atoms with Gasteiger partial charge in [-0.1, -0.05) is 38.1 Å². The Balaban J connectivity index is 2.14. The van der Waals surface area contributed by atoms with E-state index in [1.165, 1.54) is 18.4 Å². The lowest BCUT2D eigenvalue weighted by atomic mass is 9.91. The van der Waals surface area contributed by atoms with Crippen LogP contribution in [0.4, 0.5) is 0 Å². The van der Waals surface area contributed by atoms with E-state index in [0.717, 1.165) is 18.5 Å². The maximum Gasteiger partial charge on any atom is 0.0338 e. The van der Waals surface area contributed by atoms with Gasteiger partial charge < -0.3 is 0 Å². The summed E-state index contributed by atoms with van der Waals surface area (Å²) in [4.78, 5) is 0. The van der Waals surface area contributed by atoms with Crippen molar-refractivity contribution in [1.29, 1.82) is 0 Å². The Labute approximate surface area is 106 Å². The molecule has 0 aliphatic carbocycles. The Morgan fingerprint density at radius 1 is 1.33 bits per heavy atom. The summed E-state index contributed by atoms with van der Waals surface area (Å²) in [5.41, 5.74) is 3.06. The molecule has 0 N–H and O–H groups in total. The second-order valence-electron chi connectivity index (χ2n) is 4.81. The minimum absolute atomic E-state index is 0.723. The Hall–Kier alpha value is -0.0900. The Morgan fingerprint density at radius 2 is 2.00 bits per heavy atom. The van der Waals surface area contributed by atoms with E-state index in [4.69, 9.17) is 0 Å². The summed E-state index contributed by atoms with van der Waals surface area (Å²) in [6.45, 7) is 5.73. The number of halogens is 1. The first kappa shape index (κ1) is 11.4. The second-order valence-corrected chi connectivity index (χ2v) is 6.05. The molecule has 0 aromatic heterocycles. The van der Waals surface area contributed by atoms with Crippen LogP contribution >= 0.6 is 22.9 Å². The van der Waals surface area contributed by atoms with Crippen LogP contribution in [0.25, 0.3) is 0 Å². The van der Waals surface area contributed by atoms with Crippen LogP contribution in [0.15, 0.2) is 24.3 Å². The van der Waals surface area contributed by atoms with Crippen molar-refractivity contribution in [2.24, 2.45) is 5.92 Å². The van der Waals surface area contributed by atoms with Crippen LogP contribution in [0.1, 0.15) is 31.4 Å². The van der Waals surface area contributed by atoms with Gasteiger partial charge in [-0.05, 0) is 29.9 Å². The molecule has 1 aromatic carbocycles. The molecule has 0 fully saturated rings. The minimum atomic E-state index is 0.723. The summed E-state index contributed by atoms with van der Waals surface area (Å²) in [7, 11) is 0. The average molecular weight is 315 g/mol. The lowest BCUT2D eigenvalue weighted by Gasteiger charge is -2.33. The van der Waals surface area contributed by atoms with Gasteiger partial charge in [-0.2, -0.15) is 0 Å². The number of hydrogen-bond donors (Lipinski definition) is 0. The zero-order valence-corrected chi connectivity index (χ0v) is 11.6. The topological polar surface area (TPSA) is 3.24 Å². The molecule has 1 heterocycles. The summed E-state index contributed by atoms with van der Waals surface area (Å²) in [6, 6.07) is 9.57. The van der Waals surface area contributed by atoms with E-state index in [0.29, 0.717) is 0 Å². The molecule has 1 nitrogen and oxygen atoms in total. The third-order valence-electron chi connectivity index (χ3n) is 3.04. The van der Waals surface area contributed by atoms with E-state index in [9.17, 15) is 0 Å². The van der Waals surface area contributed by atoms with Gasteiger partial charge in [-0.3, -0.25) is 0 Å². The average Bonchev–Trinajstić information content (AvgIpc) is 2.18. The van der Waals surface area contributed by atoms with Crippen LogP contribution in [0, 0.1) is 5.92 Å². The Bertz CT molecular complexity index is 335. The van der Waals surface area contributed by atoms with E-state index < -0.39 is 0 Å². The maximum atomic E-state index is 2.48. The molecule has 0 spiro atoms. The Morgan fingerprint density at radius 3 is 2.67 bits per heavy atom. The molecule has 2 rings (SSSR count). The summed E-state index contributed by atoms with van der Waals surface area (Å²) in [5, 5.41) is 0. The largest absolute Gasteiger partial charge is 0.240 e. The molecule has 0 amide bonds. The van der Waals surface area contributed by atoms with Crippen LogP contribution in [-0.4, -0.2) is 9.16 Å². The lowest BCUT2D eigenvalue weighted by molar-refractivity contribution is 0.301. The number of fused-ring (bicyclic) bond motifs is 1. The molecule has 1 atom stereocenters. The van der Waals surface area contributed by atoms with Crippen molar-refractivity contribution >= 4 is 22.9 Å². The standard InChI is InChI=1S/C13H18IN/c1-10(2)7-13-8-11-5-3-4-6-12(11)9-15(13)14/h3-6,10,13H,7-9H2,1-2H3/t13-/m0/s1. The first-order valence-corrected chi connectivity index (χ1v) is 6.62. The zero-order valence-electron chi connectivity index (χ0n) is 9.41. The molecule has 1 aliphatic rings. The quantitative estimate of drug-likeness (QED) is 0.592. The highest BCUT2D eigenvalue weighted by atomic mass is 127.